The molecule has 3 N–H and O–H groups in total. The molecule has 0 aromatic carbocycles. The van der Waals surface area contributed by atoms with Crippen molar-refractivity contribution in [2.45, 2.75) is 12.2 Å². The molecule has 0 bridgehead atoms. The molecule has 0 aliphatic heterocycles. The molecule has 1 heterocycles. The smallest absolute Gasteiger partial charge is 0.270 e. The molecule has 0 saturated carbocycles. The fraction of sp³-hybridized carbons (Fsp3) is 0.500. The van der Waals surface area contributed by atoms with Crippen LogP contribution in [0.3, 0.4) is 0 Å². The predicted octanol–water partition coefficient (Wildman–Crippen LogP) is 1.21. The Morgan fingerprint density at radius 1 is 1.86 bits per heavy atom. The number of thiazole rings is 1. The van der Waals surface area contributed by atoms with Crippen molar-refractivity contribution in [3.63, 3.8) is 0 Å². The van der Waals surface area contributed by atoms with Gasteiger partial charge >= 0.3 is 0 Å². The van der Waals surface area contributed by atoms with Crippen LogP contribution in [0.2, 0.25) is 0 Å². The minimum Gasteiger partial charge on any atom is -0.375 e. The lowest BCUT2D eigenvalue weighted by molar-refractivity contribution is 0.0950. The molecule has 1 amide bonds. The van der Waals surface area contributed by atoms with E-state index in [-0.39, 0.29) is 5.91 Å². The summed E-state index contributed by atoms with van der Waals surface area (Å²) in [7, 11) is 0. The Hall–Kier alpha value is -0.750. The molecule has 78 valence electrons. The van der Waals surface area contributed by atoms with E-state index in [4.69, 9.17) is 5.73 Å². The number of nitrogens with two attached hydrogens (primary N) is 1. The third-order valence-corrected chi connectivity index (χ3v) is 3.35. The number of amides is 1. The summed E-state index contributed by atoms with van der Waals surface area (Å²) in [5.41, 5.74) is 5.83. The number of nitrogens with zero attached hydrogens (tertiary/aromatic N) is 1. The van der Waals surface area contributed by atoms with Crippen LogP contribution in [0.1, 0.15) is 17.4 Å². The molecule has 0 aliphatic rings. The average Bonchev–Trinajstić information content (AvgIpc) is 2.60. The summed E-state index contributed by atoms with van der Waals surface area (Å²) in [6.45, 7) is 2.71. The lowest BCUT2D eigenvalue weighted by Gasteiger charge is -2.08. The molecular formula is C8H13N3OS2. The minimum absolute atomic E-state index is 0.154. The zero-order valence-electron chi connectivity index (χ0n) is 8.11. The fourth-order valence-electron chi connectivity index (χ4n) is 0.802. The molecule has 4 nitrogen and oxygen atoms in total. The number of thioether (sulfide) groups is 1. The Kier molecular flexibility index (Phi) is 4.21. The van der Waals surface area contributed by atoms with Gasteiger partial charge in [0.15, 0.2) is 5.13 Å². The SMILES string of the molecule is CSC(C)CNC(=O)c1csc(N)n1. The highest BCUT2D eigenvalue weighted by Crippen LogP contribution is 2.11. The van der Waals surface area contributed by atoms with Crippen molar-refractivity contribution in [1.82, 2.24) is 10.3 Å². The van der Waals surface area contributed by atoms with Crippen molar-refractivity contribution in [3.8, 4) is 0 Å². The number of aromatic nitrogens is 1. The molecule has 0 saturated heterocycles. The number of nitrogens with one attached hydrogen (secondary N) is 1. The van der Waals surface area contributed by atoms with Gasteiger partial charge in [-0.15, -0.1) is 11.3 Å². The molecule has 1 aromatic heterocycles. The first-order valence-electron chi connectivity index (χ1n) is 4.15. The summed E-state index contributed by atoms with van der Waals surface area (Å²) in [4.78, 5) is 15.3. The summed E-state index contributed by atoms with van der Waals surface area (Å²) in [6, 6.07) is 0. The highest BCUT2D eigenvalue weighted by Gasteiger charge is 2.09. The van der Waals surface area contributed by atoms with Gasteiger partial charge in [0.1, 0.15) is 5.69 Å². The van der Waals surface area contributed by atoms with E-state index >= 15 is 0 Å². The van der Waals surface area contributed by atoms with E-state index in [1.807, 2.05) is 6.26 Å². The topological polar surface area (TPSA) is 68.0 Å². The number of carbonyl (C=O) groups excluding carboxylic acids is 1. The molecule has 1 unspecified atom stereocenters. The maximum absolute atomic E-state index is 11.4. The zero-order chi connectivity index (χ0) is 10.6. The monoisotopic (exact) mass is 231 g/mol. The molecule has 1 aromatic rings. The van der Waals surface area contributed by atoms with Gasteiger partial charge in [-0.1, -0.05) is 6.92 Å². The summed E-state index contributed by atoms with van der Waals surface area (Å²) >= 11 is 2.98. The number of hydrogen-bond donors (Lipinski definition) is 2. The van der Waals surface area contributed by atoms with Crippen LogP contribution in [0.25, 0.3) is 0 Å². The summed E-state index contributed by atoms with van der Waals surface area (Å²) in [6.07, 6.45) is 2.01. The average molecular weight is 231 g/mol. The van der Waals surface area contributed by atoms with Crippen LogP contribution in [0.5, 0.6) is 0 Å². The van der Waals surface area contributed by atoms with Crippen molar-refractivity contribution in [2.75, 3.05) is 18.5 Å². The van der Waals surface area contributed by atoms with Crippen LogP contribution in [0, 0.1) is 0 Å². The number of rotatable bonds is 4. The Labute approximate surface area is 91.3 Å². The van der Waals surface area contributed by atoms with Crippen LogP contribution >= 0.6 is 23.1 Å². The van der Waals surface area contributed by atoms with Gasteiger partial charge in [-0.05, 0) is 6.26 Å². The Bertz CT molecular complexity index is 313. The number of hydrogen-bond acceptors (Lipinski definition) is 5. The maximum atomic E-state index is 11.4. The Morgan fingerprint density at radius 3 is 3.07 bits per heavy atom. The lowest BCUT2D eigenvalue weighted by atomic mass is 10.4. The summed E-state index contributed by atoms with van der Waals surface area (Å²) in [5, 5.41) is 5.29. The number of anilines is 1. The first kappa shape index (κ1) is 11.3. The first-order valence-corrected chi connectivity index (χ1v) is 6.32. The van der Waals surface area contributed by atoms with Crippen molar-refractivity contribution in [1.29, 1.82) is 0 Å². The third-order valence-electron chi connectivity index (χ3n) is 1.71. The van der Waals surface area contributed by atoms with Gasteiger partial charge in [0.25, 0.3) is 5.91 Å². The highest BCUT2D eigenvalue weighted by atomic mass is 32.2. The lowest BCUT2D eigenvalue weighted by Crippen LogP contribution is -2.29. The van der Waals surface area contributed by atoms with E-state index in [1.165, 1.54) is 11.3 Å². The van der Waals surface area contributed by atoms with Gasteiger partial charge in [-0.2, -0.15) is 11.8 Å². The van der Waals surface area contributed by atoms with Crippen LogP contribution in [-0.2, 0) is 0 Å². The van der Waals surface area contributed by atoms with Crippen LogP contribution in [-0.4, -0.2) is 28.9 Å². The van der Waals surface area contributed by atoms with Gasteiger partial charge in [-0.25, -0.2) is 4.98 Å². The molecule has 14 heavy (non-hydrogen) atoms. The third kappa shape index (κ3) is 3.19. The molecule has 1 atom stereocenters. The zero-order valence-corrected chi connectivity index (χ0v) is 9.74. The van der Waals surface area contributed by atoms with Crippen molar-refractivity contribution in [2.24, 2.45) is 0 Å². The Morgan fingerprint density at radius 2 is 2.57 bits per heavy atom. The largest absolute Gasteiger partial charge is 0.375 e. The van der Waals surface area contributed by atoms with Crippen molar-refractivity contribution < 1.29 is 4.79 Å². The molecular weight excluding hydrogens is 218 g/mol. The molecule has 6 heteroatoms. The Balaban J connectivity index is 2.43. The van der Waals surface area contributed by atoms with E-state index in [2.05, 4.69) is 17.2 Å². The van der Waals surface area contributed by atoms with Crippen LogP contribution in [0.15, 0.2) is 5.38 Å². The number of nitrogen functional groups attached to an aromatic ring is 1. The standard InChI is InChI=1S/C8H13N3OS2/c1-5(13-2)3-10-7(12)6-4-14-8(9)11-6/h4-5H,3H2,1-2H3,(H2,9,11)(H,10,12). The van der Waals surface area contributed by atoms with Crippen LogP contribution in [0.4, 0.5) is 5.13 Å². The maximum Gasteiger partial charge on any atom is 0.270 e. The molecule has 1 rings (SSSR count). The second kappa shape index (κ2) is 5.21. The first-order chi connectivity index (χ1) is 6.63. The summed E-state index contributed by atoms with van der Waals surface area (Å²) < 4.78 is 0. The second-order valence-electron chi connectivity index (χ2n) is 2.83. The van der Waals surface area contributed by atoms with Crippen LogP contribution < -0.4 is 11.1 Å². The van der Waals surface area contributed by atoms with Gasteiger partial charge in [0.2, 0.25) is 0 Å². The summed E-state index contributed by atoms with van der Waals surface area (Å²) in [5.74, 6) is -0.154. The highest BCUT2D eigenvalue weighted by molar-refractivity contribution is 7.99. The van der Waals surface area contributed by atoms with E-state index in [0.717, 1.165) is 0 Å². The van der Waals surface area contributed by atoms with Gasteiger partial charge in [0, 0.05) is 17.2 Å². The van der Waals surface area contributed by atoms with E-state index in [1.54, 1.807) is 17.1 Å². The molecule has 0 radical (unpaired) electrons. The predicted molar refractivity (Wildman–Crippen MR) is 61.8 cm³/mol. The fourth-order valence-corrected chi connectivity index (χ4v) is 1.60. The van der Waals surface area contributed by atoms with Crippen molar-refractivity contribution in [3.05, 3.63) is 11.1 Å². The van der Waals surface area contributed by atoms with Crippen molar-refractivity contribution >= 4 is 34.1 Å². The normalized spacial score (nSPS) is 12.4. The van der Waals surface area contributed by atoms with Gasteiger partial charge in [0.05, 0.1) is 0 Å². The quantitative estimate of drug-likeness (QED) is 0.817. The molecule has 0 spiro atoms. The van der Waals surface area contributed by atoms with E-state index in [0.29, 0.717) is 22.6 Å². The minimum atomic E-state index is -0.154. The van der Waals surface area contributed by atoms with E-state index < -0.39 is 0 Å². The van der Waals surface area contributed by atoms with Gasteiger partial charge < -0.3 is 11.1 Å². The van der Waals surface area contributed by atoms with Gasteiger partial charge in [-0.3, -0.25) is 4.79 Å². The molecule has 0 fully saturated rings. The second-order valence-corrected chi connectivity index (χ2v) is 4.99. The molecule has 0 aliphatic carbocycles. The van der Waals surface area contributed by atoms with E-state index in [9.17, 15) is 4.79 Å². The number of carbonyl (C=O) groups is 1.